The van der Waals surface area contributed by atoms with Crippen molar-refractivity contribution in [1.82, 2.24) is 0 Å². The molecule has 0 atom stereocenters. The van der Waals surface area contributed by atoms with Crippen molar-refractivity contribution >= 4 is 11.7 Å². The van der Waals surface area contributed by atoms with Gasteiger partial charge in [0.2, 0.25) is 0 Å². The number of nitrogens with two attached hydrogens (primary N) is 1. The fraction of sp³-hybridized carbons (Fsp3) is 0.562. The van der Waals surface area contributed by atoms with Crippen molar-refractivity contribution in [2.75, 3.05) is 12.3 Å². The maximum Gasteiger partial charge on any atom is 0.341 e. The smallest absolute Gasteiger partial charge is 0.341 e. The molecule has 5 heteroatoms. The second-order valence-electron chi connectivity index (χ2n) is 5.11. The Morgan fingerprint density at radius 2 is 1.67 bits per heavy atom. The minimum atomic E-state index is -0.863. The van der Waals surface area contributed by atoms with Crippen LogP contribution in [0, 0.1) is 11.6 Å². The quantitative estimate of drug-likeness (QED) is 0.416. The number of carbonyl (C=O) groups is 1. The predicted octanol–water partition coefficient (Wildman–Crippen LogP) is 4.45. The SMILES string of the molecule is CCCCCCCCCOC(=O)c1cc(F)c(N)cc1F. The lowest BCUT2D eigenvalue weighted by Crippen LogP contribution is -2.10. The molecule has 21 heavy (non-hydrogen) atoms. The molecule has 3 nitrogen and oxygen atoms in total. The van der Waals surface area contributed by atoms with Gasteiger partial charge in [-0.3, -0.25) is 0 Å². The molecule has 118 valence electrons. The predicted molar refractivity (Wildman–Crippen MR) is 79.0 cm³/mol. The first-order valence-electron chi connectivity index (χ1n) is 7.48. The van der Waals surface area contributed by atoms with Crippen molar-refractivity contribution < 1.29 is 18.3 Å². The monoisotopic (exact) mass is 299 g/mol. The average molecular weight is 299 g/mol. The first kappa shape index (κ1) is 17.4. The Balaban J connectivity index is 2.27. The number of hydrogen-bond donors (Lipinski definition) is 1. The molecule has 2 N–H and O–H groups in total. The fourth-order valence-corrected chi connectivity index (χ4v) is 2.02. The van der Waals surface area contributed by atoms with Gasteiger partial charge in [-0.25, -0.2) is 13.6 Å². The number of carbonyl (C=O) groups excluding carboxylic acids is 1. The summed E-state index contributed by atoms with van der Waals surface area (Å²) in [6, 6.07) is 1.57. The van der Waals surface area contributed by atoms with E-state index < -0.39 is 23.2 Å². The van der Waals surface area contributed by atoms with Gasteiger partial charge < -0.3 is 10.5 Å². The molecule has 0 aliphatic rings. The van der Waals surface area contributed by atoms with E-state index in [1.165, 1.54) is 25.7 Å². The minimum absolute atomic E-state index is 0.220. The number of benzene rings is 1. The summed E-state index contributed by atoms with van der Waals surface area (Å²) in [6.45, 7) is 2.39. The molecule has 0 radical (unpaired) electrons. The molecule has 0 bridgehead atoms. The number of hydrogen-bond acceptors (Lipinski definition) is 3. The number of unbranched alkanes of at least 4 members (excludes halogenated alkanes) is 6. The summed E-state index contributed by atoms with van der Waals surface area (Å²) in [5.41, 5.74) is 4.48. The van der Waals surface area contributed by atoms with Crippen LogP contribution in [0.25, 0.3) is 0 Å². The maximum absolute atomic E-state index is 13.5. The lowest BCUT2D eigenvalue weighted by Gasteiger charge is -2.07. The van der Waals surface area contributed by atoms with Gasteiger partial charge in [0, 0.05) is 6.07 Å². The number of rotatable bonds is 9. The number of ether oxygens (including phenoxy) is 1. The van der Waals surface area contributed by atoms with Crippen LogP contribution >= 0.6 is 0 Å². The molecule has 0 saturated carbocycles. The highest BCUT2D eigenvalue weighted by atomic mass is 19.1. The van der Waals surface area contributed by atoms with Gasteiger partial charge in [0.1, 0.15) is 11.6 Å². The van der Waals surface area contributed by atoms with Crippen molar-refractivity contribution in [2.24, 2.45) is 0 Å². The Morgan fingerprint density at radius 3 is 2.33 bits per heavy atom. The van der Waals surface area contributed by atoms with Gasteiger partial charge in [-0.2, -0.15) is 0 Å². The Bertz CT molecular complexity index is 464. The number of nitrogen functional groups attached to an aromatic ring is 1. The van der Waals surface area contributed by atoms with Crippen LogP contribution in [0.3, 0.4) is 0 Å². The van der Waals surface area contributed by atoms with E-state index in [2.05, 4.69) is 6.92 Å². The van der Waals surface area contributed by atoms with Crippen molar-refractivity contribution in [3.63, 3.8) is 0 Å². The molecule has 0 amide bonds. The lowest BCUT2D eigenvalue weighted by atomic mass is 10.1. The van der Waals surface area contributed by atoms with Gasteiger partial charge in [0.15, 0.2) is 0 Å². The normalized spacial score (nSPS) is 10.6. The summed E-state index contributed by atoms with van der Waals surface area (Å²) in [4.78, 5) is 11.6. The van der Waals surface area contributed by atoms with Crippen LogP contribution in [-0.4, -0.2) is 12.6 Å². The summed E-state index contributed by atoms with van der Waals surface area (Å²) >= 11 is 0. The summed E-state index contributed by atoms with van der Waals surface area (Å²) < 4.78 is 31.6. The van der Waals surface area contributed by atoms with Crippen LogP contribution < -0.4 is 5.73 Å². The first-order chi connectivity index (χ1) is 10.1. The largest absolute Gasteiger partial charge is 0.462 e. The topological polar surface area (TPSA) is 52.3 Å². The van der Waals surface area contributed by atoms with E-state index in [1.807, 2.05) is 0 Å². The Labute approximate surface area is 124 Å². The Morgan fingerprint density at radius 1 is 1.05 bits per heavy atom. The molecule has 0 unspecified atom stereocenters. The summed E-state index contributed by atoms with van der Waals surface area (Å²) in [5.74, 6) is -2.53. The second kappa shape index (κ2) is 9.32. The molecule has 1 rings (SSSR count). The summed E-state index contributed by atoms with van der Waals surface area (Å²) in [6.07, 6.45) is 7.67. The van der Waals surface area contributed by atoms with Crippen molar-refractivity contribution in [2.45, 2.75) is 51.9 Å². The molecule has 0 heterocycles. The van der Waals surface area contributed by atoms with Crippen LogP contribution in [0.15, 0.2) is 12.1 Å². The van der Waals surface area contributed by atoms with Gasteiger partial charge >= 0.3 is 5.97 Å². The average Bonchev–Trinajstić information content (AvgIpc) is 2.45. The molecule has 1 aromatic carbocycles. The third kappa shape index (κ3) is 6.10. The molecule has 0 aliphatic heterocycles. The van der Waals surface area contributed by atoms with E-state index in [0.29, 0.717) is 0 Å². The maximum atomic E-state index is 13.5. The Kier molecular flexibility index (Phi) is 7.72. The molecule has 0 aromatic heterocycles. The Hall–Kier alpha value is -1.65. The van der Waals surface area contributed by atoms with E-state index in [-0.39, 0.29) is 12.3 Å². The van der Waals surface area contributed by atoms with Gasteiger partial charge in [-0.05, 0) is 12.5 Å². The van der Waals surface area contributed by atoms with Crippen LogP contribution in [0.4, 0.5) is 14.5 Å². The van der Waals surface area contributed by atoms with Gasteiger partial charge in [-0.1, -0.05) is 45.4 Å². The lowest BCUT2D eigenvalue weighted by molar-refractivity contribution is 0.0492. The molecular formula is C16H23F2NO2. The highest BCUT2D eigenvalue weighted by Gasteiger charge is 2.16. The zero-order valence-electron chi connectivity index (χ0n) is 12.5. The van der Waals surface area contributed by atoms with Gasteiger partial charge in [0.25, 0.3) is 0 Å². The fourth-order valence-electron chi connectivity index (χ4n) is 2.02. The number of anilines is 1. The highest BCUT2D eigenvalue weighted by molar-refractivity contribution is 5.90. The van der Waals surface area contributed by atoms with Crippen LogP contribution in [0.1, 0.15) is 62.2 Å². The van der Waals surface area contributed by atoms with Gasteiger partial charge in [-0.15, -0.1) is 0 Å². The van der Waals surface area contributed by atoms with E-state index in [0.717, 1.165) is 31.4 Å². The number of esters is 1. The third-order valence-electron chi connectivity index (χ3n) is 3.29. The van der Waals surface area contributed by atoms with E-state index in [4.69, 9.17) is 10.5 Å². The first-order valence-corrected chi connectivity index (χ1v) is 7.48. The zero-order valence-corrected chi connectivity index (χ0v) is 12.5. The third-order valence-corrected chi connectivity index (χ3v) is 3.29. The second-order valence-corrected chi connectivity index (χ2v) is 5.11. The zero-order chi connectivity index (χ0) is 15.7. The minimum Gasteiger partial charge on any atom is -0.462 e. The van der Waals surface area contributed by atoms with E-state index in [9.17, 15) is 13.6 Å². The van der Waals surface area contributed by atoms with Gasteiger partial charge in [0.05, 0.1) is 17.9 Å². The van der Waals surface area contributed by atoms with Crippen LogP contribution in [-0.2, 0) is 4.74 Å². The molecule has 0 spiro atoms. The van der Waals surface area contributed by atoms with Crippen LogP contribution in [0.5, 0.6) is 0 Å². The van der Waals surface area contributed by atoms with Crippen LogP contribution in [0.2, 0.25) is 0 Å². The number of halogens is 2. The summed E-state index contributed by atoms with van der Waals surface area (Å²) in [7, 11) is 0. The highest BCUT2D eigenvalue weighted by Crippen LogP contribution is 2.17. The molecule has 1 aromatic rings. The molecule has 0 aliphatic carbocycles. The van der Waals surface area contributed by atoms with Crippen molar-refractivity contribution in [1.29, 1.82) is 0 Å². The molecular weight excluding hydrogens is 276 g/mol. The van der Waals surface area contributed by atoms with E-state index >= 15 is 0 Å². The molecule has 0 fully saturated rings. The summed E-state index contributed by atoms with van der Waals surface area (Å²) in [5, 5.41) is 0. The van der Waals surface area contributed by atoms with Crippen molar-refractivity contribution in [3.05, 3.63) is 29.3 Å². The van der Waals surface area contributed by atoms with Crippen molar-refractivity contribution in [3.8, 4) is 0 Å². The molecule has 0 saturated heterocycles. The van der Waals surface area contributed by atoms with E-state index in [1.54, 1.807) is 0 Å². The standard InChI is InChI=1S/C16H23F2NO2/c1-2-3-4-5-6-7-8-9-21-16(20)12-10-14(18)15(19)11-13(12)17/h10-11H,2-9,19H2,1H3.